The zero-order valence-electron chi connectivity index (χ0n) is 11.9. The summed E-state index contributed by atoms with van der Waals surface area (Å²) in [6.07, 6.45) is 1.56. The lowest BCUT2D eigenvalue weighted by molar-refractivity contribution is 0.227. The summed E-state index contributed by atoms with van der Waals surface area (Å²) in [4.78, 5) is 9.14. The van der Waals surface area contributed by atoms with Gasteiger partial charge in [0.15, 0.2) is 11.9 Å². The molecule has 0 N–H and O–H groups in total. The fourth-order valence-corrected chi connectivity index (χ4v) is 3.13. The van der Waals surface area contributed by atoms with Gasteiger partial charge in [0, 0.05) is 6.42 Å². The van der Waals surface area contributed by atoms with Crippen LogP contribution in [0.4, 0.5) is 0 Å². The fourth-order valence-electron chi connectivity index (χ4n) is 2.47. The number of ether oxygens (including phenoxy) is 1. The molecule has 1 aliphatic rings. The van der Waals surface area contributed by atoms with Crippen molar-refractivity contribution in [2.75, 3.05) is 0 Å². The molecule has 0 aliphatic carbocycles. The van der Waals surface area contributed by atoms with Gasteiger partial charge >= 0.3 is 0 Å². The van der Waals surface area contributed by atoms with Crippen molar-refractivity contribution in [1.82, 2.24) is 9.97 Å². The Morgan fingerprint density at radius 3 is 2.81 bits per heavy atom. The third kappa shape index (κ3) is 3.16. The molecular weight excluding hydrogens is 399 g/mol. The van der Waals surface area contributed by atoms with Crippen molar-refractivity contribution in [3.63, 3.8) is 0 Å². The number of fused-ring (bicyclic) bond motifs is 1. The van der Waals surface area contributed by atoms with E-state index in [1.807, 2.05) is 18.2 Å². The van der Waals surface area contributed by atoms with Crippen LogP contribution in [0, 0.1) is 9.49 Å². The zero-order chi connectivity index (χ0) is 15.0. The highest BCUT2D eigenvalue weighted by molar-refractivity contribution is 14.1. The van der Waals surface area contributed by atoms with Crippen molar-refractivity contribution in [2.24, 2.45) is 5.92 Å². The van der Waals surface area contributed by atoms with Crippen LogP contribution in [0.3, 0.4) is 0 Å². The van der Waals surface area contributed by atoms with Crippen LogP contribution in [-0.2, 0) is 12.8 Å². The first-order chi connectivity index (χ1) is 10.0. The van der Waals surface area contributed by atoms with Gasteiger partial charge in [-0.05, 0) is 46.6 Å². The van der Waals surface area contributed by atoms with E-state index >= 15 is 0 Å². The Morgan fingerprint density at radius 2 is 2.10 bits per heavy atom. The van der Waals surface area contributed by atoms with Gasteiger partial charge in [-0.15, -0.1) is 0 Å². The predicted octanol–water partition coefficient (Wildman–Crippen LogP) is 4.61. The first-order valence-electron chi connectivity index (χ1n) is 7.01. The molecule has 5 heteroatoms. The highest BCUT2D eigenvalue weighted by atomic mass is 127. The summed E-state index contributed by atoms with van der Waals surface area (Å²) >= 11 is 8.50. The van der Waals surface area contributed by atoms with E-state index < -0.39 is 0 Å². The van der Waals surface area contributed by atoms with E-state index in [-0.39, 0.29) is 6.10 Å². The summed E-state index contributed by atoms with van der Waals surface area (Å²) in [6, 6.07) is 8.07. The normalized spacial score (nSPS) is 16.9. The number of aromatic nitrogens is 2. The van der Waals surface area contributed by atoms with Crippen molar-refractivity contribution < 1.29 is 4.74 Å². The molecule has 0 fully saturated rings. The molecule has 0 radical (unpaired) electrons. The molecular formula is C16H16ClIN2O. The lowest BCUT2D eigenvalue weighted by atomic mass is 10.1. The lowest BCUT2D eigenvalue weighted by Crippen LogP contribution is -2.13. The van der Waals surface area contributed by atoms with Gasteiger partial charge < -0.3 is 4.74 Å². The first kappa shape index (κ1) is 15.0. The third-order valence-corrected chi connectivity index (χ3v) is 5.16. The van der Waals surface area contributed by atoms with Crippen LogP contribution in [0.2, 0.25) is 5.15 Å². The number of halogens is 2. The Labute approximate surface area is 143 Å². The van der Waals surface area contributed by atoms with Crippen LogP contribution in [-0.4, -0.2) is 9.97 Å². The van der Waals surface area contributed by atoms with Gasteiger partial charge in [-0.1, -0.05) is 43.6 Å². The summed E-state index contributed by atoms with van der Waals surface area (Å²) < 4.78 is 6.91. The van der Waals surface area contributed by atoms with Gasteiger partial charge in [-0.3, -0.25) is 0 Å². The van der Waals surface area contributed by atoms with Gasteiger partial charge in [0.1, 0.15) is 10.9 Å². The van der Waals surface area contributed by atoms with E-state index in [1.165, 1.54) is 5.56 Å². The molecule has 1 aromatic heterocycles. The predicted molar refractivity (Wildman–Crippen MR) is 91.8 cm³/mol. The molecule has 1 atom stereocenters. The summed E-state index contributed by atoms with van der Waals surface area (Å²) in [5.74, 6) is 2.14. The van der Waals surface area contributed by atoms with Crippen LogP contribution < -0.4 is 4.74 Å². The Kier molecular flexibility index (Phi) is 4.36. The number of benzene rings is 1. The number of hydrogen-bond donors (Lipinski definition) is 0. The van der Waals surface area contributed by atoms with Gasteiger partial charge in [-0.25, -0.2) is 9.97 Å². The van der Waals surface area contributed by atoms with Crippen molar-refractivity contribution in [1.29, 1.82) is 0 Å². The maximum atomic E-state index is 6.28. The van der Waals surface area contributed by atoms with Crippen molar-refractivity contribution in [3.05, 3.63) is 50.1 Å². The second kappa shape index (κ2) is 6.08. The summed E-state index contributed by atoms with van der Waals surface area (Å²) in [5, 5.41) is 0.524. The van der Waals surface area contributed by atoms with E-state index in [9.17, 15) is 0 Å². The molecule has 110 valence electrons. The summed E-state index contributed by atoms with van der Waals surface area (Å²) in [6.45, 7) is 4.35. The molecule has 0 spiro atoms. The Bertz CT molecular complexity index is 650. The Balaban J connectivity index is 1.92. The Hall–Kier alpha value is -0.880. The quantitative estimate of drug-likeness (QED) is 0.543. The minimum atomic E-state index is -0.136. The molecule has 0 saturated heterocycles. The smallest absolute Gasteiger partial charge is 0.171 e. The molecule has 0 saturated carbocycles. The highest BCUT2D eigenvalue weighted by Crippen LogP contribution is 2.36. The lowest BCUT2D eigenvalue weighted by Gasteiger charge is -2.14. The van der Waals surface area contributed by atoms with E-state index in [0.29, 0.717) is 16.9 Å². The highest BCUT2D eigenvalue weighted by Gasteiger charge is 2.27. The Morgan fingerprint density at radius 1 is 1.33 bits per heavy atom. The second-order valence-corrected chi connectivity index (χ2v) is 7.09. The summed E-state index contributed by atoms with van der Waals surface area (Å²) in [7, 11) is 0. The monoisotopic (exact) mass is 414 g/mol. The SMILES string of the molecule is CC(C)Cc1nc(C2Cc3ccccc3O2)nc(Cl)c1I. The van der Waals surface area contributed by atoms with Crippen molar-refractivity contribution in [3.8, 4) is 5.75 Å². The molecule has 1 aromatic carbocycles. The van der Waals surface area contributed by atoms with Crippen molar-refractivity contribution in [2.45, 2.75) is 32.8 Å². The van der Waals surface area contributed by atoms with Crippen LogP contribution in [0.25, 0.3) is 0 Å². The average molecular weight is 415 g/mol. The molecule has 3 nitrogen and oxygen atoms in total. The van der Waals surface area contributed by atoms with Crippen LogP contribution in [0.1, 0.15) is 37.0 Å². The largest absolute Gasteiger partial charge is 0.482 e. The number of nitrogens with zero attached hydrogens (tertiary/aromatic N) is 2. The van der Waals surface area contributed by atoms with Crippen molar-refractivity contribution >= 4 is 34.2 Å². The second-order valence-electron chi connectivity index (χ2n) is 5.65. The maximum absolute atomic E-state index is 6.28. The van der Waals surface area contributed by atoms with Crippen LogP contribution >= 0.6 is 34.2 Å². The first-order valence-corrected chi connectivity index (χ1v) is 8.46. The summed E-state index contributed by atoms with van der Waals surface area (Å²) in [5.41, 5.74) is 2.21. The van der Waals surface area contributed by atoms with Gasteiger partial charge in [0.2, 0.25) is 0 Å². The zero-order valence-corrected chi connectivity index (χ0v) is 14.9. The number of para-hydroxylation sites is 1. The van der Waals surface area contributed by atoms with E-state index in [0.717, 1.165) is 27.9 Å². The third-order valence-electron chi connectivity index (χ3n) is 3.43. The topological polar surface area (TPSA) is 35.0 Å². The minimum absolute atomic E-state index is 0.136. The van der Waals surface area contributed by atoms with Crippen LogP contribution in [0.5, 0.6) is 5.75 Å². The van der Waals surface area contributed by atoms with E-state index in [1.54, 1.807) is 0 Å². The molecule has 0 amide bonds. The molecule has 21 heavy (non-hydrogen) atoms. The van der Waals surface area contributed by atoms with E-state index in [2.05, 4.69) is 47.5 Å². The molecule has 1 aliphatic heterocycles. The van der Waals surface area contributed by atoms with Crippen LogP contribution in [0.15, 0.2) is 24.3 Å². The van der Waals surface area contributed by atoms with Gasteiger partial charge in [0.25, 0.3) is 0 Å². The number of hydrogen-bond acceptors (Lipinski definition) is 3. The molecule has 1 unspecified atom stereocenters. The fraction of sp³-hybridized carbons (Fsp3) is 0.375. The van der Waals surface area contributed by atoms with Gasteiger partial charge in [-0.2, -0.15) is 0 Å². The molecule has 2 heterocycles. The minimum Gasteiger partial charge on any atom is -0.482 e. The average Bonchev–Trinajstić information content (AvgIpc) is 2.87. The standard InChI is InChI=1S/C16H16ClIN2O/c1-9(2)7-11-14(18)15(17)20-16(19-11)13-8-10-5-3-4-6-12(10)21-13/h3-6,9,13H,7-8H2,1-2H3. The van der Waals surface area contributed by atoms with E-state index in [4.69, 9.17) is 21.3 Å². The number of rotatable bonds is 3. The van der Waals surface area contributed by atoms with Gasteiger partial charge in [0.05, 0.1) is 9.26 Å². The molecule has 2 aromatic rings. The molecule has 0 bridgehead atoms. The maximum Gasteiger partial charge on any atom is 0.171 e. The molecule has 3 rings (SSSR count).